The Labute approximate surface area is 117 Å². The number of benzene rings is 1. The van der Waals surface area contributed by atoms with Gasteiger partial charge < -0.3 is 0 Å². The zero-order valence-corrected chi connectivity index (χ0v) is 12.3. The summed E-state index contributed by atoms with van der Waals surface area (Å²) in [6, 6.07) is 10.9. The van der Waals surface area contributed by atoms with Crippen molar-refractivity contribution in [1.82, 2.24) is 0 Å². The molecule has 1 aromatic rings. The number of hydrogen-bond acceptors (Lipinski definition) is 0. The summed E-state index contributed by atoms with van der Waals surface area (Å²) in [5.74, 6) is 0. The quantitative estimate of drug-likeness (QED) is 0.656. The molecule has 0 nitrogen and oxygen atoms in total. The van der Waals surface area contributed by atoms with Gasteiger partial charge in [-0.3, -0.25) is 0 Å². The van der Waals surface area contributed by atoms with Gasteiger partial charge in [0.1, 0.15) is 0 Å². The molecular weight excluding hydrogens is 228 g/mol. The Bertz CT molecular complexity index is 502. The van der Waals surface area contributed by atoms with Crippen molar-refractivity contribution < 1.29 is 0 Å². The van der Waals surface area contributed by atoms with E-state index in [0.717, 1.165) is 12.8 Å². The van der Waals surface area contributed by atoms with Crippen molar-refractivity contribution in [3.63, 3.8) is 0 Å². The summed E-state index contributed by atoms with van der Waals surface area (Å²) in [5.41, 5.74) is 4.70. The lowest BCUT2D eigenvalue weighted by Crippen LogP contribution is -2.21. The molecule has 19 heavy (non-hydrogen) atoms. The molecule has 1 aliphatic carbocycles. The van der Waals surface area contributed by atoms with Gasteiger partial charge in [0.05, 0.1) is 0 Å². The van der Waals surface area contributed by atoms with Crippen molar-refractivity contribution in [3.8, 4) is 0 Å². The Hall–Kier alpha value is -1.56. The van der Waals surface area contributed by atoms with Crippen molar-refractivity contribution in [1.29, 1.82) is 0 Å². The Morgan fingerprint density at radius 1 is 1.16 bits per heavy atom. The molecule has 0 heterocycles. The molecule has 1 unspecified atom stereocenters. The minimum Gasteiger partial charge on any atom is -0.0801 e. The first-order chi connectivity index (χ1) is 9.15. The van der Waals surface area contributed by atoms with Crippen molar-refractivity contribution >= 4 is 0 Å². The first kappa shape index (κ1) is 13.9. The Morgan fingerprint density at radius 2 is 1.89 bits per heavy atom. The normalized spacial score (nSPS) is 20.2. The average Bonchev–Trinajstić information content (AvgIpc) is 2.49. The van der Waals surface area contributed by atoms with Crippen LogP contribution in [0.25, 0.3) is 0 Å². The highest BCUT2D eigenvalue weighted by atomic mass is 14.3. The summed E-state index contributed by atoms with van der Waals surface area (Å²) in [4.78, 5) is 0. The van der Waals surface area contributed by atoms with E-state index in [4.69, 9.17) is 0 Å². The van der Waals surface area contributed by atoms with Crippen LogP contribution in [0.2, 0.25) is 0 Å². The van der Waals surface area contributed by atoms with E-state index in [2.05, 4.69) is 75.4 Å². The van der Waals surface area contributed by atoms with Gasteiger partial charge in [-0.15, -0.1) is 0 Å². The summed E-state index contributed by atoms with van der Waals surface area (Å²) in [7, 11) is 0. The van der Waals surface area contributed by atoms with Crippen molar-refractivity contribution in [2.45, 2.75) is 45.4 Å². The van der Waals surface area contributed by atoms with Gasteiger partial charge in [0.2, 0.25) is 0 Å². The van der Waals surface area contributed by atoms with E-state index < -0.39 is 0 Å². The molecule has 0 N–H and O–H groups in total. The van der Waals surface area contributed by atoms with Crippen LogP contribution in [0, 0.1) is 0 Å². The summed E-state index contributed by atoms with van der Waals surface area (Å²) in [6.45, 7) is 6.96. The molecule has 1 aliphatic rings. The highest BCUT2D eigenvalue weighted by Crippen LogP contribution is 2.35. The molecule has 0 radical (unpaired) electrons. The summed E-state index contributed by atoms with van der Waals surface area (Å²) >= 11 is 0. The molecule has 0 aromatic heterocycles. The van der Waals surface area contributed by atoms with Gasteiger partial charge in [0, 0.05) is 0 Å². The molecule has 0 spiro atoms. The minimum absolute atomic E-state index is 0.243. The van der Waals surface area contributed by atoms with E-state index in [-0.39, 0.29) is 5.41 Å². The third-order valence-electron chi connectivity index (χ3n) is 4.34. The molecule has 0 fully saturated rings. The molecule has 1 atom stereocenters. The monoisotopic (exact) mass is 252 g/mol. The van der Waals surface area contributed by atoms with Crippen LogP contribution in [0.15, 0.2) is 65.8 Å². The fourth-order valence-corrected chi connectivity index (χ4v) is 2.80. The molecule has 100 valence electrons. The van der Waals surface area contributed by atoms with Gasteiger partial charge in [-0.1, -0.05) is 74.1 Å². The van der Waals surface area contributed by atoms with Gasteiger partial charge in [0.25, 0.3) is 0 Å². The number of hydrogen-bond donors (Lipinski definition) is 0. The van der Waals surface area contributed by atoms with Crippen LogP contribution in [0.1, 0.15) is 45.6 Å². The number of rotatable bonds is 4. The summed E-state index contributed by atoms with van der Waals surface area (Å²) < 4.78 is 0. The zero-order valence-electron chi connectivity index (χ0n) is 12.3. The van der Waals surface area contributed by atoms with E-state index in [0.29, 0.717) is 0 Å². The standard InChI is InChI=1S/C19H24/c1-4-19(3,18-13-9-6-10-14-18)15-16(2)17-11-7-5-8-12-17/h5-11,13-14H,4,12,15H2,1-3H3. The molecule has 2 rings (SSSR count). The number of allylic oxidation sites excluding steroid dienone is 6. The van der Waals surface area contributed by atoms with Crippen LogP contribution in [0.3, 0.4) is 0 Å². The predicted octanol–water partition coefficient (Wildman–Crippen LogP) is 5.58. The maximum absolute atomic E-state index is 2.38. The highest BCUT2D eigenvalue weighted by Gasteiger charge is 2.25. The first-order valence-electron chi connectivity index (χ1n) is 7.23. The van der Waals surface area contributed by atoms with Crippen molar-refractivity contribution in [2.24, 2.45) is 0 Å². The fraction of sp³-hybridized carbons (Fsp3) is 0.368. The van der Waals surface area contributed by atoms with E-state index in [1.54, 1.807) is 0 Å². The second-order valence-corrected chi connectivity index (χ2v) is 5.75. The zero-order chi connectivity index (χ0) is 13.7. The molecule has 0 aliphatic heterocycles. The topological polar surface area (TPSA) is 0 Å². The first-order valence-corrected chi connectivity index (χ1v) is 7.23. The van der Waals surface area contributed by atoms with E-state index in [9.17, 15) is 0 Å². The smallest absolute Gasteiger partial charge is 0.00407 e. The Kier molecular flexibility index (Phi) is 4.42. The second kappa shape index (κ2) is 6.06. The van der Waals surface area contributed by atoms with Crippen molar-refractivity contribution in [2.75, 3.05) is 0 Å². The van der Waals surface area contributed by atoms with Gasteiger partial charge in [-0.25, -0.2) is 0 Å². The van der Waals surface area contributed by atoms with Gasteiger partial charge in [-0.05, 0) is 42.7 Å². The van der Waals surface area contributed by atoms with Crippen LogP contribution < -0.4 is 0 Å². The van der Waals surface area contributed by atoms with Gasteiger partial charge in [0.15, 0.2) is 0 Å². The lowest BCUT2D eigenvalue weighted by Gasteiger charge is -2.30. The largest absolute Gasteiger partial charge is 0.0801 e. The Balaban J connectivity index is 2.24. The molecule has 0 saturated carbocycles. The predicted molar refractivity (Wildman–Crippen MR) is 84.3 cm³/mol. The summed E-state index contributed by atoms with van der Waals surface area (Å²) in [6.07, 6.45) is 12.2. The van der Waals surface area contributed by atoms with Crippen molar-refractivity contribution in [3.05, 3.63) is 71.3 Å². The minimum atomic E-state index is 0.243. The lowest BCUT2D eigenvalue weighted by atomic mass is 9.74. The molecule has 0 amide bonds. The van der Waals surface area contributed by atoms with E-state index in [1.165, 1.54) is 23.1 Å². The second-order valence-electron chi connectivity index (χ2n) is 5.75. The molecular formula is C19H24. The van der Waals surface area contributed by atoms with Gasteiger partial charge in [-0.2, -0.15) is 0 Å². The van der Waals surface area contributed by atoms with Crippen LogP contribution in [0.5, 0.6) is 0 Å². The average molecular weight is 252 g/mol. The molecule has 1 aromatic carbocycles. The third kappa shape index (κ3) is 3.26. The van der Waals surface area contributed by atoms with Gasteiger partial charge >= 0.3 is 0 Å². The lowest BCUT2D eigenvalue weighted by molar-refractivity contribution is 0.449. The molecule has 0 heteroatoms. The Morgan fingerprint density at radius 3 is 2.47 bits per heavy atom. The maximum atomic E-state index is 2.38. The summed E-state index contributed by atoms with van der Waals surface area (Å²) in [5, 5.41) is 0. The fourth-order valence-electron chi connectivity index (χ4n) is 2.80. The third-order valence-corrected chi connectivity index (χ3v) is 4.34. The van der Waals surface area contributed by atoms with Crippen LogP contribution in [-0.2, 0) is 5.41 Å². The molecule has 0 bridgehead atoms. The van der Waals surface area contributed by atoms with E-state index >= 15 is 0 Å². The van der Waals surface area contributed by atoms with Crippen LogP contribution in [-0.4, -0.2) is 0 Å². The van der Waals surface area contributed by atoms with E-state index in [1.807, 2.05) is 0 Å². The molecule has 0 saturated heterocycles. The maximum Gasteiger partial charge on any atom is -0.00407 e. The van der Waals surface area contributed by atoms with Crippen LogP contribution >= 0.6 is 0 Å². The highest BCUT2D eigenvalue weighted by molar-refractivity contribution is 5.35. The van der Waals surface area contributed by atoms with Crippen LogP contribution in [0.4, 0.5) is 0 Å². The SMILES string of the molecule is CCC(C)(CC(C)=C1C=CC=CC1)c1ccccc1.